The van der Waals surface area contributed by atoms with Crippen LogP contribution in [0.2, 0.25) is 0 Å². The molecule has 0 saturated carbocycles. The van der Waals surface area contributed by atoms with Crippen molar-refractivity contribution in [2.75, 3.05) is 0 Å². The normalized spacial score (nSPS) is 11.4. The van der Waals surface area contributed by atoms with Crippen LogP contribution < -0.4 is 4.74 Å². The minimum absolute atomic E-state index is 0.129. The molecule has 0 aliphatic heterocycles. The van der Waals surface area contributed by atoms with Gasteiger partial charge in [-0.1, -0.05) is 0 Å². The Morgan fingerprint density at radius 3 is 2.50 bits per heavy atom. The van der Waals surface area contributed by atoms with E-state index < -0.39 is 15.6 Å². The molecule has 0 radical (unpaired) electrons. The van der Waals surface area contributed by atoms with Crippen molar-refractivity contribution in [3.05, 3.63) is 28.3 Å². The lowest BCUT2D eigenvalue weighted by Crippen LogP contribution is -2.26. The lowest BCUT2D eigenvalue weighted by molar-refractivity contribution is -0.386. The molecule has 0 aliphatic carbocycles. The maximum absolute atomic E-state index is 11.1. The quantitative estimate of drug-likeness (QED) is 0.492. The number of hydrogen-bond donors (Lipinski definition) is 1. The molecule has 0 bridgehead atoms. The molecule has 110 valence electrons. The fourth-order valence-corrected chi connectivity index (χ4v) is 2.37. The average Bonchev–Trinajstić information content (AvgIpc) is 2.26. The Morgan fingerprint density at radius 2 is 2.05 bits per heavy atom. The largest absolute Gasteiger partial charge is 0.484 e. The zero-order chi connectivity index (χ0) is 15.5. The minimum atomic E-state index is -1.02. The Bertz CT molecular complexity index is 527. The Balaban J connectivity index is 3.12. The van der Waals surface area contributed by atoms with E-state index >= 15 is 0 Å². The average molecular weight is 299 g/mol. The monoisotopic (exact) mass is 299 g/mol. The predicted octanol–water partition coefficient (Wildman–Crippen LogP) is 3.34. The third kappa shape index (κ3) is 4.12. The zero-order valence-electron chi connectivity index (χ0n) is 11.7. The maximum Gasteiger partial charge on any atom is 0.319 e. The van der Waals surface area contributed by atoms with Gasteiger partial charge < -0.3 is 9.84 Å². The molecular formula is C13H17NO5S. The molecule has 1 N–H and O–H groups in total. The first-order chi connectivity index (χ1) is 9.13. The predicted molar refractivity (Wildman–Crippen MR) is 76.4 cm³/mol. The van der Waals surface area contributed by atoms with E-state index in [1.54, 1.807) is 27.7 Å². The summed E-state index contributed by atoms with van der Waals surface area (Å²) >= 11 is 1.11. The van der Waals surface area contributed by atoms with Gasteiger partial charge in [-0.25, -0.2) is 0 Å². The number of aliphatic carboxylic acids is 1. The maximum atomic E-state index is 11.1. The van der Waals surface area contributed by atoms with E-state index in [0.717, 1.165) is 11.8 Å². The zero-order valence-corrected chi connectivity index (χ0v) is 12.6. The van der Waals surface area contributed by atoms with Crippen LogP contribution in [-0.4, -0.2) is 26.9 Å². The number of carboxylic acid groups (broad SMARTS) is 1. The van der Waals surface area contributed by atoms with E-state index in [0.29, 0.717) is 4.90 Å². The summed E-state index contributed by atoms with van der Waals surface area (Å²) in [6.45, 7) is 6.68. The number of benzene rings is 1. The summed E-state index contributed by atoms with van der Waals surface area (Å²) < 4.78 is 4.40. The van der Waals surface area contributed by atoms with E-state index in [1.165, 1.54) is 18.2 Å². The summed E-state index contributed by atoms with van der Waals surface area (Å²) in [5.74, 6) is -0.802. The Morgan fingerprint density at radius 1 is 1.45 bits per heavy atom. The van der Waals surface area contributed by atoms with Gasteiger partial charge in [-0.2, -0.15) is 0 Å². The molecule has 0 fully saturated rings. The molecule has 0 heterocycles. The molecule has 1 aromatic carbocycles. The molecule has 0 aromatic heterocycles. The van der Waals surface area contributed by atoms with Gasteiger partial charge in [0.25, 0.3) is 0 Å². The van der Waals surface area contributed by atoms with Gasteiger partial charge in [0, 0.05) is 17.0 Å². The Labute approximate surface area is 121 Å². The molecule has 0 unspecified atom stereocenters. The molecule has 1 aromatic rings. The van der Waals surface area contributed by atoms with Crippen LogP contribution in [0.4, 0.5) is 5.69 Å². The Hall–Kier alpha value is -1.76. The number of nitro benzene ring substituents is 1. The highest BCUT2D eigenvalue weighted by Crippen LogP contribution is 2.38. The summed E-state index contributed by atoms with van der Waals surface area (Å²) in [4.78, 5) is 22.1. The van der Waals surface area contributed by atoms with E-state index in [2.05, 4.69) is 0 Å². The van der Waals surface area contributed by atoms with Gasteiger partial charge in [-0.15, -0.1) is 11.8 Å². The first-order valence-corrected chi connectivity index (χ1v) is 6.82. The third-order valence-electron chi connectivity index (χ3n) is 2.38. The molecule has 0 aliphatic rings. The fourth-order valence-electron chi connectivity index (χ4n) is 1.40. The van der Waals surface area contributed by atoms with Crippen molar-refractivity contribution >= 4 is 23.4 Å². The topological polar surface area (TPSA) is 89.7 Å². The van der Waals surface area contributed by atoms with E-state index in [4.69, 9.17) is 9.84 Å². The van der Waals surface area contributed by atoms with Crippen LogP contribution in [0.3, 0.4) is 0 Å². The number of rotatable bonds is 6. The lowest BCUT2D eigenvalue weighted by atomic mass is 10.2. The molecule has 0 amide bonds. The van der Waals surface area contributed by atoms with Crippen LogP contribution in [0, 0.1) is 10.1 Å². The van der Waals surface area contributed by atoms with Crippen molar-refractivity contribution in [2.45, 2.75) is 43.4 Å². The summed E-state index contributed by atoms with van der Waals surface area (Å²) in [6, 6.07) is 4.37. The van der Waals surface area contributed by atoms with E-state index in [1.807, 2.05) is 0 Å². The Kier molecular flexibility index (Phi) is 4.99. The number of nitrogens with zero attached hydrogens (tertiary/aromatic N) is 1. The van der Waals surface area contributed by atoms with E-state index in [-0.39, 0.29) is 17.5 Å². The molecule has 0 saturated heterocycles. The highest BCUT2D eigenvalue weighted by molar-refractivity contribution is 8.01. The molecule has 1 rings (SSSR count). The highest BCUT2D eigenvalue weighted by atomic mass is 32.2. The number of carboxylic acids is 1. The van der Waals surface area contributed by atoms with Crippen LogP contribution in [0.5, 0.6) is 5.75 Å². The van der Waals surface area contributed by atoms with E-state index in [9.17, 15) is 14.9 Å². The summed E-state index contributed by atoms with van der Waals surface area (Å²) in [6.07, 6.45) is -0.207. The van der Waals surface area contributed by atoms with Crippen LogP contribution >= 0.6 is 11.8 Å². The van der Waals surface area contributed by atoms with Crippen molar-refractivity contribution in [2.24, 2.45) is 0 Å². The number of hydrogen-bond acceptors (Lipinski definition) is 5. The molecular weight excluding hydrogens is 282 g/mol. The van der Waals surface area contributed by atoms with Gasteiger partial charge in [-0.05, 0) is 33.8 Å². The van der Waals surface area contributed by atoms with Crippen LogP contribution in [0.15, 0.2) is 23.1 Å². The van der Waals surface area contributed by atoms with Gasteiger partial charge in [0.1, 0.15) is 4.75 Å². The highest BCUT2D eigenvalue weighted by Gasteiger charge is 2.29. The third-order valence-corrected chi connectivity index (χ3v) is 3.55. The number of carbonyl (C=O) groups is 1. The molecule has 0 spiro atoms. The standard InChI is InChI=1S/C13H17NO5S/c1-8(2)19-11-7-9(5-6-10(11)14(17)18)20-13(3,4)12(15)16/h5-8H,1-4H3,(H,15,16). The van der Waals surface area contributed by atoms with Gasteiger partial charge >= 0.3 is 11.7 Å². The molecule has 0 atom stereocenters. The van der Waals surface area contributed by atoms with Crippen LogP contribution in [0.1, 0.15) is 27.7 Å². The van der Waals surface area contributed by atoms with Crippen molar-refractivity contribution in [1.29, 1.82) is 0 Å². The number of ether oxygens (including phenoxy) is 1. The van der Waals surface area contributed by atoms with Gasteiger partial charge in [0.05, 0.1) is 11.0 Å². The molecule has 20 heavy (non-hydrogen) atoms. The van der Waals surface area contributed by atoms with Gasteiger partial charge in [0.15, 0.2) is 5.75 Å². The second-order valence-corrected chi connectivity index (χ2v) is 6.67. The van der Waals surface area contributed by atoms with Gasteiger partial charge in [-0.3, -0.25) is 14.9 Å². The van der Waals surface area contributed by atoms with Crippen LogP contribution in [0.25, 0.3) is 0 Å². The SMILES string of the molecule is CC(C)Oc1cc(SC(C)(C)C(=O)O)ccc1[N+](=O)[O-]. The van der Waals surface area contributed by atoms with Gasteiger partial charge in [0.2, 0.25) is 0 Å². The van der Waals surface area contributed by atoms with Crippen molar-refractivity contribution < 1.29 is 19.6 Å². The summed E-state index contributed by atoms with van der Waals surface area (Å²) in [7, 11) is 0. The number of thioether (sulfide) groups is 1. The minimum Gasteiger partial charge on any atom is -0.484 e. The van der Waals surface area contributed by atoms with Crippen LogP contribution in [-0.2, 0) is 4.79 Å². The molecule has 7 heteroatoms. The summed E-state index contributed by atoms with van der Waals surface area (Å²) in [5, 5.41) is 20.0. The second-order valence-electron chi connectivity index (χ2n) is 4.97. The lowest BCUT2D eigenvalue weighted by Gasteiger charge is -2.19. The van der Waals surface area contributed by atoms with Crippen molar-refractivity contribution in [3.63, 3.8) is 0 Å². The molecule has 6 nitrogen and oxygen atoms in total. The first-order valence-electron chi connectivity index (χ1n) is 6.01. The second kappa shape index (κ2) is 6.13. The number of nitro groups is 1. The fraction of sp³-hybridized carbons (Fsp3) is 0.462. The first kappa shape index (κ1) is 16.3. The van der Waals surface area contributed by atoms with Crippen molar-refractivity contribution in [1.82, 2.24) is 0 Å². The smallest absolute Gasteiger partial charge is 0.319 e. The van der Waals surface area contributed by atoms with Crippen molar-refractivity contribution in [3.8, 4) is 5.75 Å². The summed E-state index contributed by atoms with van der Waals surface area (Å²) in [5.41, 5.74) is -0.129.